The molecule has 0 aliphatic carbocycles. The lowest BCUT2D eigenvalue weighted by molar-refractivity contribution is 0.399. The molecule has 0 spiro atoms. The van der Waals surface area contributed by atoms with E-state index in [1.165, 1.54) is 0 Å². The molecule has 14 heavy (non-hydrogen) atoms. The number of nitrogens with one attached hydrogen (secondary N) is 1. The van der Waals surface area contributed by atoms with Gasteiger partial charge in [-0.2, -0.15) is 0 Å². The van der Waals surface area contributed by atoms with Crippen LogP contribution in [0.2, 0.25) is 0 Å². The maximum absolute atomic E-state index is 4.27. The molecule has 0 amide bonds. The third-order valence-corrected chi connectivity index (χ3v) is 2.58. The quantitative estimate of drug-likeness (QED) is 0.811. The van der Waals surface area contributed by atoms with E-state index >= 15 is 0 Å². The fourth-order valence-electron chi connectivity index (χ4n) is 1.06. The van der Waals surface area contributed by atoms with Crippen LogP contribution in [-0.4, -0.2) is 37.1 Å². The Kier molecular flexibility index (Phi) is 5.07. The Hall–Kier alpha value is -0.450. The summed E-state index contributed by atoms with van der Waals surface area (Å²) in [6.45, 7) is 2.84. The Balaban J connectivity index is 2.28. The van der Waals surface area contributed by atoms with Gasteiger partial charge >= 0.3 is 0 Å². The van der Waals surface area contributed by atoms with Crippen molar-refractivity contribution in [3.63, 3.8) is 0 Å². The molecule has 0 radical (unpaired) electrons. The summed E-state index contributed by atoms with van der Waals surface area (Å²) < 4.78 is 1.07. The molecule has 0 atom stereocenters. The van der Waals surface area contributed by atoms with Gasteiger partial charge in [0, 0.05) is 30.3 Å². The van der Waals surface area contributed by atoms with Gasteiger partial charge in [-0.25, -0.2) is 0 Å². The van der Waals surface area contributed by atoms with E-state index in [-0.39, 0.29) is 0 Å². The average molecular weight is 258 g/mol. The molecule has 1 aromatic heterocycles. The molecule has 1 N–H and O–H groups in total. The first-order valence-corrected chi connectivity index (χ1v) is 5.44. The zero-order valence-corrected chi connectivity index (χ0v) is 10.2. The standard InChI is InChI=1S/C10H16BrN3/c1-14(2)7-6-12-8-10-9(11)4-3-5-13-10/h3-5,12H,6-8H2,1-2H3. The highest BCUT2D eigenvalue weighted by Gasteiger charge is 1.98. The summed E-state index contributed by atoms with van der Waals surface area (Å²) >= 11 is 3.46. The van der Waals surface area contributed by atoms with Crippen LogP contribution in [0.5, 0.6) is 0 Å². The van der Waals surface area contributed by atoms with Crippen LogP contribution in [0.1, 0.15) is 5.69 Å². The Labute approximate surface area is 93.7 Å². The highest BCUT2D eigenvalue weighted by molar-refractivity contribution is 9.10. The highest BCUT2D eigenvalue weighted by Crippen LogP contribution is 2.12. The zero-order valence-electron chi connectivity index (χ0n) is 8.63. The number of hydrogen-bond donors (Lipinski definition) is 1. The molecule has 1 aromatic rings. The van der Waals surface area contributed by atoms with Crippen LogP contribution in [-0.2, 0) is 6.54 Å². The number of pyridine rings is 1. The largest absolute Gasteiger partial charge is 0.310 e. The fourth-order valence-corrected chi connectivity index (χ4v) is 1.45. The lowest BCUT2D eigenvalue weighted by Gasteiger charge is -2.10. The van der Waals surface area contributed by atoms with Gasteiger partial charge < -0.3 is 10.2 Å². The topological polar surface area (TPSA) is 28.2 Å². The summed E-state index contributed by atoms with van der Waals surface area (Å²) in [4.78, 5) is 6.43. The summed E-state index contributed by atoms with van der Waals surface area (Å²) in [5.74, 6) is 0. The molecule has 4 heteroatoms. The molecule has 3 nitrogen and oxygen atoms in total. The van der Waals surface area contributed by atoms with E-state index in [0.29, 0.717) is 0 Å². The maximum Gasteiger partial charge on any atom is 0.0683 e. The van der Waals surface area contributed by atoms with Crippen molar-refractivity contribution < 1.29 is 0 Å². The van der Waals surface area contributed by atoms with Gasteiger partial charge in [0.05, 0.1) is 5.69 Å². The van der Waals surface area contributed by atoms with Crippen molar-refractivity contribution in [2.45, 2.75) is 6.54 Å². The Morgan fingerprint density at radius 2 is 2.29 bits per heavy atom. The predicted molar refractivity (Wildman–Crippen MR) is 62.2 cm³/mol. The molecule has 0 saturated carbocycles. The minimum atomic E-state index is 0.815. The SMILES string of the molecule is CN(C)CCNCc1ncccc1Br. The molecule has 0 aliphatic rings. The van der Waals surface area contributed by atoms with E-state index in [0.717, 1.165) is 29.8 Å². The number of likely N-dealkylation sites (N-methyl/N-ethyl adjacent to an activating group) is 1. The molecule has 0 bridgehead atoms. The third kappa shape index (κ3) is 4.17. The zero-order chi connectivity index (χ0) is 10.4. The Bertz CT molecular complexity index is 276. The van der Waals surface area contributed by atoms with Gasteiger partial charge in [0.2, 0.25) is 0 Å². The minimum Gasteiger partial charge on any atom is -0.310 e. The van der Waals surface area contributed by atoms with Crippen molar-refractivity contribution >= 4 is 15.9 Å². The maximum atomic E-state index is 4.27. The molecule has 0 aliphatic heterocycles. The van der Waals surface area contributed by atoms with Gasteiger partial charge in [-0.05, 0) is 42.2 Å². The molecule has 0 aromatic carbocycles. The summed E-state index contributed by atoms with van der Waals surface area (Å²) in [6.07, 6.45) is 1.81. The van der Waals surface area contributed by atoms with Gasteiger partial charge in [0.15, 0.2) is 0 Å². The second kappa shape index (κ2) is 6.11. The van der Waals surface area contributed by atoms with E-state index in [4.69, 9.17) is 0 Å². The summed E-state index contributed by atoms with van der Waals surface area (Å²) in [6, 6.07) is 3.93. The molecule has 0 unspecified atom stereocenters. The average Bonchev–Trinajstić information content (AvgIpc) is 2.15. The predicted octanol–water partition coefficient (Wildman–Crippen LogP) is 1.50. The molecule has 0 fully saturated rings. The number of hydrogen-bond acceptors (Lipinski definition) is 3. The smallest absolute Gasteiger partial charge is 0.0683 e. The van der Waals surface area contributed by atoms with Crippen LogP contribution < -0.4 is 5.32 Å². The van der Waals surface area contributed by atoms with Crippen molar-refractivity contribution in [2.24, 2.45) is 0 Å². The van der Waals surface area contributed by atoms with Crippen molar-refractivity contribution in [1.29, 1.82) is 0 Å². The fraction of sp³-hybridized carbons (Fsp3) is 0.500. The molecule has 1 rings (SSSR count). The molecule has 0 saturated heterocycles. The molecular formula is C10H16BrN3. The van der Waals surface area contributed by atoms with E-state index in [2.05, 4.69) is 45.2 Å². The monoisotopic (exact) mass is 257 g/mol. The Morgan fingerprint density at radius 1 is 1.50 bits per heavy atom. The number of nitrogens with zero attached hydrogens (tertiary/aromatic N) is 2. The first-order valence-electron chi connectivity index (χ1n) is 4.65. The van der Waals surface area contributed by atoms with E-state index < -0.39 is 0 Å². The van der Waals surface area contributed by atoms with Gasteiger partial charge in [0.25, 0.3) is 0 Å². The van der Waals surface area contributed by atoms with Crippen molar-refractivity contribution in [1.82, 2.24) is 15.2 Å². The first-order chi connectivity index (χ1) is 6.70. The van der Waals surface area contributed by atoms with Gasteiger partial charge in [0.1, 0.15) is 0 Å². The summed E-state index contributed by atoms with van der Waals surface area (Å²) in [7, 11) is 4.14. The van der Waals surface area contributed by atoms with Crippen LogP contribution in [0.4, 0.5) is 0 Å². The third-order valence-electron chi connectivity index (χ3n) is 1.86. The summed E-state index contributed by atoms with van der Waals surface area (Å²) in [5, 5.41) is 3.34. The van der Waals surface area contributed by atoms with E-state index in [1.54, 1.807) is 0 Å². The molecular weight excluding hydrogens is 242 g/mol. The number of aromatic nitrogens is 1. The number of rotatable bonds is 5. The summed E-state index contributed by atoms with van der Waals surface area (Å²) in [5.41, 5.74) is 1.06. The van der Waals surface area contributed by atoms with Crippen molar-refractivity contribution in [3.05, 3.63) is 28.5 Å². The highest BCUT2D eigenvalue weighted by atomic mass is 79.9. The van der Waals surface area contributed by atoms with Crippen LogP contribution >= 0.6 is 15.9 Å². The van der Waals surface area contributed by atoms with Crippen LogP contribution in [0.3, 0.4) is 0 Å². The minimum absolute atomic E-state index is 0.815. The van der Waals surface area contributed by atoms with Gasteiger partial charge in [-0.1, -0.05) is 0 Å². The van der Waals surface area contributed by atoms with Gasteiger partial charge in [-0.3, -0.25) is 4.98 Å². The lowest BCUT2D eigenvalue weighted by Crippen LogP contribution is -2.26. The van der Waals surface area contributed by atoms with Gasteiger partial charge in [-0.15, -0.1) is 0 Å². The Morgan fingerprint density at radius 3 is 2.93 bits per heavy atom. The number of halogens is 1. The second-order valence-corrected chi connectivity index (χ2v) is 4.27. The molecule has 1 heterocycles. The van der Waals surface area contributed by atoms with Crippen molar-refractivity contribution in [2.75, 3.05) is 27.2 Å². The first kappa shape index (κ1) is 11.6. The van der Waals surface area contributed by atoms with Crippen LogP contribution in [0.15, 0.2) is 22.8 Å². The van der Waals surface area contributed by atoms with Crippen LogP contribution in [0, 0.1) is 0 Å². The van der Waals surface area contributed by atoms with E-state index in [9.17, 15) is 0 Å². The second-order valence-electron chi connectivity index (χ2n) is 3.41. The van der Waals surface area contributed by atoms with E-state index in [1.807, 2.05) is 18.3 Å². The lowest BCUT2D eigenvalue weighted by atomic mass is 10.3. The normalized spacial score (nSPS) is 10.9. The van der Waals surface area contributed by atoms with Crippen molar-refractivity contribution in [3.8, 4) is 0 Å². The molecule has 78 valence electrons. The van der Waals surface area contributed by atoms with Crippen LogP contribution in [0.25, 0.3) is 0 Å².